The highest BCUT2D eigenvalue weighted by Crippen LogP contribution is 2.41. The molecule has 0 saturated heterocycles. The van der Waals surface area contributed by atoms with Crippen molar-refractivity contribution >= 4 is 34.1 Å². The summed E-state index contributed by atoms with van der Waals surface area (Å²) >= 11 is 1.13. The molecule has 1 aromatic heterocycles. The van der Waals surface area contributed by atoms with Crippen LogP contribution < -0.4 is 5.32 Å². The van der Waals surface area contributed by atoms with Gasteiger partial charge in [-0.05, 0) is 18.1 Å². The lowest BCUT2D eigenvalue weighted by Crippen LogP contribution is -2.37. The number of ether oxygens (including phenoxy) is 1. The first-order chi connectivity index (χ1) is 15.4. The van der Waals surface area contributed by atoms with Crippen molar-refractivity contribution in [2.24, 2.45) is 10.6 Å². The monoisotopic (exact) mass is 451 g/mol. The second kappa shape index (κ2) is 10.2. The Bertz CT molecular complexity index is 1060. The topological polar surface area (TPSA) is 101 Å². The van der Waals surface area contributed by atoms with Gasteiger partial charge in [0.05, 0.1) is 12.0 Å². The Morgan fingerprint density at radius 2 is 1.66 bits per heavy atom. The molecule has 0 aliphatic rings. The molecule has 0 atom stereocenters. The molecule has 166 valence electrons. The van der Waals surface area contributed by atoms with Gasteiger partial charge >= 0.3 is 5.97 Å². The lowest BCUT2D eigenvalue weighted by Gasteiger charge is -2.33. The molecule has 0 bridgehead atoms. The molecule has 7 nitrogen and oxygen atoms in total. The Kier molecular flexibility index (Phi) is 7.37. The van der Waals surface area contributed by atoms with Crippen LogP contribution in [-0.4, -0.2) is 34.4 Å². The molecule has 0 unspecified atom stereocenters. The Labute approximate surface area is 190 Å². The number of nitrogens with zero attached hydrogens (tertiary/aromatic N) is 2. The van der Waals surface area contributed by atoms with Crippen LogP contribution in [0.15, 0.2) is 71.2 Å². The summed E-state index contributed by atoms with van der Waals surface area (Å²) in [4.78, 5) is 29.6. The Balaban J connectivity index is 1.87. The molecule has 0 fully saturated rings. The van der Waals surface area contributed by atoms with Crippen LogP contribution in [0.3, 0.4) is 0 Å². The predicted molar refractivity (Wildman–Crippen MR) is 124 cm³/mol. The lowest BCUT2D eigenvalue weighted by atomic mass is 9.70. The molecule has 0 aliphatic carbocycles. The van der Waals surface area contributed by atoms with Gasteiger partial charge in [0.2, 0.25) is 11.6 Å². The van der Waals surface area contributed by atoms with E-state index in [1.807, 2.05) is 74.5 Å². The van der Waals surface area contributed by atoms with E-state index in [9.17, 15) is 14.8 Å². The number of benzene rings is 2. The van der Waals surface area contributed by atoms with Crippen LogP contribution in [-0.2, 0) is 14.3 Å². The number of hydrogen-bond acceptors (Lipinski definition) is 7. The van der Waals surface area contributed by atoms with Crippen LogP contribution in [0.4, 0.5) is 5.13 Å². The molecule has 1 heterocycles. The van der Waals surface area contributed by atoms with E-state index < -0.39 is 11.4 Å². The normalized spacial score (nSPS) is 11.9. The molecule has 3 aromatic rings. The van der Waals surface area contributed by atoms with Crippen molar-refractivity contribution in [3.8, 4) is 0 Å². The summed E-state index contributed by atoms with van der Waals surface area (Å²) in [5, 5.41) is 16.9. The summed E-state index contributed by atoms with van der Waals surface area (Å²) in [6.07, 6.45) is 0. The maximum absolute atomic E-state index is 13.4. The number of aromatic nitrogens is 1. The summed E-state index contributed by atoms with van der Waals surface area (Å²) in [6.45, 7) is 5.57. The third-order valence-corrected chi connectivity index (χ3v) is 5.87. The number of rotatable bonds is 8. The minimum atomic E-state index is -0.830. The van der Waals surface area contributed by atoms with Crippen molar-refractivity contribution < 1.29 is 19.5 Å². The van der Waals surface area contributed by atoms with Gasteiger partial charge in [-0.2, -0.15) is 0 Å². The quantitative estimate of drug-likeness (QED) is 0.224. The van der Waals surface area contributed by atoms with E-state index in [4.69, 9.17) is 4.74 Å². The zero-order valence-corrected chi connectivity index (χ0v) is 18.9. The van der Waals surface area contributed by atoms with Gasteiger partial charge in [0, 0.05) is 11.3 Å². The molecule has 0 radical (unpaired) electrons. The number of nitrogens with one attached hydrogen (secondary N) is 1. The van der Waals surface area contributed by atoms with Crippen molar-refractivity contribution in [3.05, 3.63) is 82.9 Å². The minimum Gasteiger partial charge on any atom is -0.461 e. The molecule has 1 amide bonds. The number of carbonyl (C=O) groups is 2. The van der Waals surface area contributed by atoms with Gasteiger partial charge in [-0.25, -0.2) is 9.78 Å². The summed E-state index contributed by atoms with van der Waals surface area (Å²) in [5.41, 5.74) is 1.04. The van der Waals surface area contributed by atoms with Crippen LogP contribution in [0.1, 0.15) is 43.5 Å². The van der Waals surface area contributed by atoms with Gasteiger partial charge < -0.3 is 15.3 Å². The van der Waals surface area contributed by atoms with E-state index in [1.165, 1.54) is 5.38 Å². The zero-order valence-electron chi connectivity index (χ0n) is 18.1. The highest BCUT2D eigenvalue weighted by molar-refractivity contribution is 7.14. The molecule has 32 heavy (non-hydrogen) atoms. The standard InChI is InChI=1S/C24H25N3O4S/c1-4-31-21(28)20(27-30)18-15-32-23(25-18)26-22(29)24(2,3)19(16-11-7-5-8-12-16)17-13-9-6-10-14-17/h5-15,19,30H,4H2,1-3H3,(H,25,26,29)/b27-20+. The number of oxime groups is 1. The average molecular weight is 452 g/mol. The van der Waals surface area contributed by atoms with E-state index in [0.29, 0.717) is 5.13 Å². The van der Waals surface area contributed by atoms with E-state index >= 15 is 0 Å². The summed E-state index contributed by atoms with van der Waals surface area (Å²) in [5.74, 6) is -1.21. The Hall–Kier alpha value is -3.52. The van der Waals surface area contributed by atoms with Crippen molar-refractivity contribution in [1.82, 2.24) is 4.98 Å². The fraction of sp³-hybridized carbons (Fsp3) is 0.250. The number of esters is 1. The van der Waals surface area contributed by atoms with E-state index in [1.54, 1.807) is 6.92 Å². The minimum absolute atomic E-state index is 0.131. The van der Waals surface area contributed by atoms with Gasteiger partial charge in [0.25, 0.3) is 0 Å². The summed E-state index contributed by atoms with van der Waals surface area (Å²) in [7, 11) is 0. The van der Waals surface area contributed by atoms with Crippen molar-refractivity contribution in [3.63, 3.8) is 0 Å². The van der Waals surface area contributed by atoms with Crippen LogP contribution in [0.5, 0.6) is 0 Å². The molecule has 0 aliphatic heterocycles. The number of anilines is 1. The average Bonchev–Trinajstić information content (AvgIpc) is 3.24. The zero-order chi connectivity index (χ0) is 23.1. The van der Waals surface area contributed by atoms with Crippen LogP contribution >= 0.6 is 11.3 Å². The molecule has 0 spiro atoms. The van der Waals surface area contributed by atoms with Crippen LogP contribution in [0.25, 0.3) is 0 Å². The second-order valence-electron chi connectivity index (χ2n) is 7.64. The molecular weight excluding hydrogens is 426 g/mol. The van der Waals surface area contributed by atoms with Gasteiger partial charge in [0.15, 0.2) is 5.13 Å². The highest BCUT2D eigenvalue weighted by Gasteiger charge is 2.39. The first kappa shape index (κ1) is 23.1. The molecule has 2 aromatic carbocycles. The summed E-state index contributed by atoms with van der Waals surface area (Å²) < 4.78 is 4.87. The van der Waals surface area contributed by atoms with Gasteiger partial charge in [-0.1, -0.05) is 79.7 Å². The van der Waals surface area contributed by atoms with E-state index in [0.717, 1.165) is 22.5 Å². The van der Waals surface area contributed by atoms with E-state index in [2.05, 4.69) is 15.5 Å². The maximum Gasteiger partial charge on any atom is 0.362 e. The van der Waals surface area contributed by atoms with E-state index in [-0.39, 0.29) is 29.8 Å². The fourth-order valence-corrected chi connectivity index (χ4v) is 4.23. The molecule has 2 N–H and O–H groups in total. The first-order valence-corrected chi connectivity index (χ1v) is 11.0. The Morgan fingerprint density at radius 1 is 1.09 bits per heavy atom. The number of carbonyl (C=O) groups excluding carboxylic acids is 2. The van der Waals surface area contributed by atoms with Crippen molar-refractivity contribution in [2.75, 3.05) is 11.9 Å². The predicted octanol–water partition coefficient (Wildman–Crippen LogP) is 4.68. The highest BCUT2D eigenvalue weighted by atomic mass is 32.1. The van der Waals surface area contributed by atoms with Crippen LogP contribution in [0.2, 0.25) is 0 Å². The van der Waals surface area contributed by atoms with Gasteiger partial charge in [-0.3, -0.25) is 4.79 Å². The molecular formula is C24H25N3O4S. The number of hydrogen-bond donors (Lipinski definition) is 2. The maximum atomic E-state index is 13.4. The molecule has 0 saturated carbocycles. The third-order valence-electron chi connectivity index (χ3n) is 5.11. The Morgan fingerprint density at radius 3 is 2.16 bits per heavy atom. The summed E-state index contributed by atoms with van der Waals surface area (Å²) in [6, 6.07) is 19.8. The third kappa shape index (κ3) is 5.03. The van der Waals surface area contributed by atoms with Crippen molar-refractivity contribution in [2.45, 2.75) is 26.7 Å². The number of amides is 1. The first-order valence-electron chi connectivity index (χ1n) is 10.1. The molecule has 8 heteroatoms. The molecule has 3 rings (SSSR count). The second-order valence-corrected chi connectivity index (χ2v) is 8.50. The van der Waals surface area contributed by atoms with Gasteiger partial charge in [0.1, 0.15) is 5.69 Å². The van der Waals surface area contributed by atoms with Crippen molar-refractivity contribution in [1.29, 1.82) is 0 Å². The fourth-order valence-electron chi connectivity index (χ4n) is 3.54. The lowest BCUT2D eigenvalue weighted by molar-refractivity contribution is -0.135. The largest absolute Gasteiger partial charge is 0.461 e. The smallest absolute Gasteiger partial charge is 0.362 e. The number of thiazole rings is 1. The van der Waals surface area contributed by atoms with Gasteiger partial charge in [-0.15, -0.1) is 11.3 Å². The SMILES string of the molecule is CCOC(=O)/C(=N/O)c1csc(NC(=O)C(C)(C)C(c2ccccc2)c2ccccc2)n1. The van der Waals surface area contributed by atoms with Crippen LogP contribution in [0, 0.1) is 5.41 Å².